The lowest BCUT2D eigenvalue weighted by molar-refractivity contribution is 0.299. The highest BCUT2D eigenvalue weighted by atomic mass is 15.1. The lowest BCUT2D eigenvalue weighted by Crippen LogP contribution is -2.25. The molecule has 1 aliphatic rings. The van der Waals surface area contributed by atoms with E-state index in [9.17, 15) is 0 Å². The molecule has 1 nitrogen and oxygen atoms in total. The van der Waals surface area contributed by atoms with Crippen molar-refractivity contribution >= 4 is 0 Å². The summed E-state index contributed by atoms with van der Waals surface area (Å²) >= 11 is 0. The second-order valence-electron chi connectivity index (χ2n) is 7.12. The molecule has 0 fully saturated rings. The van der Waals surface area contributed by atoms with Crippen molar-refractivity contribution in [3.8, 4) is 0 Å². The summed E-state index contributed by atoms with van der Waals surface area (Å²) in [5.41, 5.74) is 7.36. The molecule has 0 atom stereocenters. The summed E-state index contributed by atoms with van der Waals surface area (Å²) in [6.45, 7) is 15.2. The summed E-state index contributed by atoms with van der Waals surface area (Å²) < 4.78 is 0. The fourth-order valence-corrected chi connectivity index (χ4v) is 3.45. The lowest BCUT2D eigenvalue weighted by Gasteiger charge is -2.27. The fourth-order valence-electron chi connectivity index (χ4n) is 3.45. The zero-order valence-corrected chi connectivity index (χ0v) is 14.3. The fraction of sp³-hybridized carbons (Fsp3) is 0.600. The summed E-state index contributed by atoms with van der Waals surface area (Å²) in [5, 5.41) is 0. The highest BCUT2D eigenvalue weighted by Crippen LogP contribution is 2.26. The molecule has 1 aliphatic carbocycles. The number of hydrogen-bond acceptors (Lipinski definition) is 1. The normalized spacial score (nSPS) is 14.7. The summed E-state index contributed by atoms with van der Waals surface area (Å²) in [6.07, 6.45) is 6.64. The predicted molar refractivity (Wildman–Crippen MR) is 92.5 cm³/mol. The minimum Gasteiger partial charge on any atom is -0.371 e. The van der Waals surface area contributed by atoms with Gasteiger partial charge in [0.2, 0.25) is 0 Å². The molecule has 1 heteroatoms. The van der Waals surface area contributed by atoms with E-state index in [4.69, 9.17) is 0 Å². The van der Waals surface area contributed by atoms with Gasteiger partial charge in [-0.05, 0) is 67.7 Å². The van der Waals surface area contributed by atoms with Crippen LogP contribution < -0.4 is 0 Å². The Bertz CT molecular complexity index is 499. The molecule has 0 aliphatic heterocycles. The Kier molecular flexibility index (Phi) is 5.50. The molecule has 21 heavy (non-hydrogen) atoms. The molecule has 0 bridgehead atoms. The number of benzene rings is 1. The van der Waals surface area contributed by atoms with E-state index in [1.807, 2.05) is 0 Å². The summed E-state index contributed by atoms with van der Waals surface area (Å²) in [5.74, 6) is 0.670. The highest BCUT2D eigenvalue weighted by molar-refractivity contribution is 5.39. The van der Waals surface area contributed by atoms with Crippen LogP contribution in [0.1, 0.15) is 62.3 Å². The molecule has 2 rings (SSSR count). The number of aryl methyl sites for hydroxylation is 2. The Hall–Kier alpha value is -1.24. The van der Waals surface area contributed by atoms with Gasteiger partial charge in [0, 0.05) is 18.8 Å². The molecular formula is C20H31N. The van der Waals surface area contributed by atoms with Crippen LogP contribution in [-0.2, 0) is 19.4 Å². The molecule has 0 unspecified atom stereocenters. The van der Waals surface area contributed by atoms with Crippen LogP contribution in [0.15, 0.2) is 24.4 Å². The number of nitrogens with zero attached hydrogens (tertiary/aromatic N) is 1. The third-order valence-corrected chi connectivity index (χ3v) is 4.50. The van der Waals surface area contributed by atoms with Crippen LogP contribution in [0.3, 0.4) is 0 Å². The van der Waals surface area contributed by atoms with Gasteiger partial charge in [-0.25, -0.2) is 0 Å². The van der Waals surface area contributed by atoms with Crippen LogP contribution in [0.5, 0.6) is 0 Å². The van der Waals surface area contributed by atoms with E-state index in [2.05, 4.69) is 51.3 Å². The predicted octanol–water partition coefficient (Wildman–Crippen LogP) is 5.26. The van der Waals surface area contributed by atoms with E-state index < -0.39 is 0 Å². The van der Waals surface area contributed by atoms with Gasteiger partial charge in [0.05, 0.1) is 0 Å². The number of fused-ring (bicyclic) bond motifs is 1. The molecule has 0 aromatic heterocycles. The smallest absolute Gasteiger partial charge is 0.0426 e. The van der Waals surface area contributed by atoms with Crippen molar-refractivity contribution in [3.63, 3.8) is 0 Å². The Balaban J connectivity index is 2.21. The van der Waals surface area contributed by atoms with E-state index in [-0.39, 0.29) is 0 Å². The maximum atomic E-state index is 4.16. The van der Waals surface area contributed by atoms with Crippen molar-refractivity contribution in [3.05, 3.63) is 46.7 Å². The van der Waals surface area contributed by atoms with Gasteiger partial charge in [-0.3, -0.25) is 0 Å². The molecule has 116 valence electrons. The molecule has 1 aromatic rings. The molecule has 0 saturated carbocycles. The molecular weight excluding hydrogens is 254 g/mol. The Morgan fingerprint density at radius 2 is 1.90 bits per heavy atom. The second kappa shape index (κ2) is 7.15. The van der Waals surface area contributed by atoms with Crippen molar-refractivity contribution in [2.75, 3.05) is 6.54 Å². The van der Waals surface area contributed by atoms with Crippen molar-refractivity contribution in [2.24, 2.45) is 5.92 Å². The van der Waals surface area contributed by atoms with Gasteiger partial charge in [0.25, 0.3) is 0 Å². The van der Waals surface area contributed by atoms with Crippen LogP contribution in [0.4, 0.5) is 0 Å². The highest BCUT2D eigenvalue weighted by Gasteiger charge is 2.14. The van der Waals surface area contributed by atoms with E-state index in [1.54, 1.807) is 11.1 Å². The van der Waals surface area contributed by atoms with E-state index >= 15 is 0 Å². The first-order valence-electron chi connectivity index (χ1n) is 8.49. The van der Waals surface area contributed by atoms with E-state index in [1.165, 1.54) is 48.9 Å². The van der Waals surface area contributed by atoms with Crippen LogP contribution in [-0.4, -0.2) is 11.4 Å². The Labute approximate surface area is 131 Å². The van der Waals surface area contributed by atoms with Gasteiger partial charge in [-0.15, -0.1) is 0 Å². The molecule has 0 radical (unpaired) electrons. The SMILES string of the molecule is C=C(C)N(Cc1cc(C)c2c(c1)CCCCC2)CC(C)C. The largest absolute Gasteiger partial charge is 0.371 e. The molecule has 0 N–H and O–H groups in total. The monoisotopic (exact) mass is 285 g/mol. The van der Waals surface area contributed by atoms with Gasteiger partial charge in [-0.1, -0.05) is 39.0 Å². The van der Waals surface area contributed by atoms with Crippen LogP contribution in [0.25, 0.3) is 0 Å². The molecule has 0 saturated heterocycles. The van der Waals surface area contributed by atoms with E-state index in [0.29, 0.717) is 5.92 Å². The number of allylic oxidation sites excluding steroid dienone is 1. The molecule has 0 heterocycles. The average molecular weight is 285 g/mol. The third kappa shape index (κ3) is 4.36. The van der Waals surface area contributed by atoms with Crippen molar-refractivity contribution in [2.45, 2.75) is 66.3 Å². The maximum absolute atomic E-state index is 4.16. The maximum Gasteiger partial charge on any atom is 0.0426 e. The quantitative estimate of drug-likeness (QED) is 0.667. The van der Waals surface area contributed by atoms with E-state index in [0.717, 1.165) is 13.1 Å². The van der Waals surface area contributed by atoms with Gasteiger partial charge < -0.3 is 4.90 Å². The zero-order chi connectivity index (χ0) is 15.4. The summed E-state index contributed by atoms with van der Waals surface area (Å²) in [6, 6.07) is 4.87. The topological polar surface area (TPSA) is 3.24 Å². The van der Waals surface area contributed by atoms with Gasteiger partial charge >= 0.3 is 0 Å². The Morgan fingerprint density at radius 3 is 2.57 bits per heavy atom. The van der Waals surface area contributed by atoms with Crippen LogP contribution >= 0.6 is 0 Å². The van der Waals surface area contributed by atoms with Crippen molar-refractivity contribution in [1.82, 2.24) is 4.90 Å². The standard InChI is InChI=1S/C20H31N/c1-15(2)13-21(16(3)4)14-18-11-17(5)20-10-8-6-7-9-19(20)12-18/h11-12,15H,3,6-10,13-14H2,1-2,4-5H3. The van der Waals surface area contributed by atoms with Crippen molar-refractivity contribution < 1.29 is 0 Å². The van der Waals surface area contributed by atoms with Gasteiger partial charge in [-0.2, -0.15) is 0 Å². The number of rotatable bonds is 5. The first-order chi connectivity index (χ1) is 9.97. The lowest BCUT2D eigenvalue weighted by atomic mass is 9.95. The molecule has 0 amide bonds. The zero-order valence-electron chi connectivity index (χ0n) is 14.3. The summed E-state index contributed by atoms with van der Waals surface area (Å²) in [4.78, 5) is 2.42. The first kappa shape index (κ1) is 16.1. The van der Waals surface area contributed by atoms with Gasteiger partial charge in [0.1, 0.15) is 0 Å². The van der Waals surface area contributed by atoms with Crippen LogP contribution in [0.2, 0.25) is 0 Å². The minimum absolute atomic E-state index is 0.670. The second-order valence-corrected chi connectivity index (χ2v) is 7.12. The third-order valence-electron chi connectivity index (χ3n) is 4.50. The Morgan fingerprint density at radius 1 is 1.19 bits per heavy atom. The van der Waals surface area contributed by atoms with Gasteiger partial charge in [0.15, 0.2) is 0 Å². The summed E-state index contributed by atoms with van der Waals surface area (Å²) in [7, 11) is 0. The first-order valence-corrected chi connectivity index (χ1v) is 8.49. The van der Waals surface area contributed by atoms with Crippen LogP contribution in [0, 0.1) is 12.8 Å². The molecule has 1 aromatic carbocycles. The number of hydrogen-bond donors (Lipinski definition) is 0. The minimum atomic E-state index is 0.670. The average Bonchev–Trinajstić information content (AvgIpc) is 2.63. The van der Waals surface area contributed by atoms with Crippen molar-refractivity contribution in [1.29, 1.82) is 0 Å². The molecule has 0 spiro atoms.